The number of hydrogen-bond donors (Lipinski definition) is 2. The number of halogens is 1. The number of likely N-dealkylation sites (N-methyl/N-ethyl adjacent to an activating group) is 1. The van der Waals surface area contributed by atoms with Crippen LogP contribution in [0.5, 0.6) is 0 Å². The molecule has 3 heterocycles. The molecule has 0 radical (unpaired) electrons. The molecule has 3 aromatic rings. The first-order valence-corrected chi connectivity index (χ1v) is 9.21. The maximum atomic E-state index is 15.0. The van der Waals surface area contributed by atoms with Crippen LogP contribution in [-0.2, 0) is 0 Å². The van der Waals surface area contributed by atoms with Gasteiger partial charge in [0.15, 0.2) is 5.82 Å². The van der Waals surface area contributed by atoms with Crippen LogP contribution < -0.4 is 5.73 Å². The maximum Gasteiger partial charge on any atom is 0.156 e. The molecule has 2 aromatic heterocycles. The fourth-order valence-corrected chi connectivity index (χ4v) is 4.18. The minimum Gasteiger partial charge on any atom is -0.382 e. The predicted molar refractivity (Wildman–Crippen MR) is 103 cm³/mol. The van der Waals surface area contributed by atoms with Crippen molar-refractivity contribution in [2.75, 3.05) is 25.4 Å². The summed E-state index contributed by atoms with van der Waals surface area (Å²) in [6, 6.07) is 5.54. The molecule has 0 amide bonds. The lowest BCUT2D eigenvalue weighted by Gasteiger charge is -2.33. The highest BCUT2D eigenvalue weighted by Crippen LogP contribution is 2.37. The molecule has 0 bridgehead atoms. The van der Waals surface area contributed by atoms with Crippen molar-refractivity contribution >= 4 is 16.7 Å². The van der Waals surface area contributed by atoms with Crippen LogP contribution in [0.15, 0.2) is 24.4 Å². The molecular formula is C20H24FN5. The fraction of sp³-hybridized carbons (Fsp3) is 0.400. The quantitative estimate of drug-likeness (QED) is 0.750. The highest BCUT2D eigenvalue weighted by Gasteiger charge is 2.26. The van der Waals surface area contributed by atoms with E-state index in [1.165, 1.54) is 0 Å². The molecule has 136 valence electrons. The van der Waals surface area contributed by atoms with Gasteiger partial charge in [0.05, 0.1) is 11.2 Å². The van der Waals surface area contributed by atoms with Gasteiger partial charge in [0.1, 0.15) is 5.82 Å². The number of benzene rings is 1. The van der Waals surface area contributed by atoms with E-state index in [1.54, 1.807) is 12.3 Å². The molecule has 1 fully saturated rings. The Morgan fingerprint density at radius 1 is 1.31 bits per heavy atom. The van der Waals surface area contributed by atoms with Crippen molar-refractivity contribution in [3.8, 4) is 11.3 Å². The minimum atomic E-state index is -0.292. The van der Waals surface area contributed by atoms with Crippen LogP contribution in [0.3, 0.4) is 0 Å². The molecule has 1 aromatic carbocycles. The molecule has 3 N–H and O–H groups in total. The lowest BCUT2D eigenvalue weighted by molar-refractivity contribution is 0.217. The predicted octanol–water partition coefficient (Wildman–Crippen LogP) is 3.85. The van der Waals surface area contributed by atoms with Crippen LogP contribution in [0.1, 0.15) is 36.8 Å². The summed E-state index contributed by atoms with van der Waals surface area (Å²) in [5.41, 5.74) is 9.71. The third kappa shape index (κ3) is 2.74. The summed E-state index contributed by atoms with van der Waals surface area (Å²) in [4.78, 5) is 5.39. The first-order chi connectivity index (χ1) is 12.6. The van der Waals surface area contributed by atoms with Crippen molar-refractivity contribution < 1.29 is 4.39 Å². The molecule has 0 spiro atoms. The smallest absolute Gasteiger partial charge is 0.156 e. The molecule has 4 rings (SSSR count). The Bertz CT molecular complexity index is 949. The number of fused-ring (bicyclic) bond motifs is 1. The largest absolute Gasteiger partial charge is 0.382 e. The lowest BCUT2D eigenvalue weighted by Crippen LogP contribution is -2.34. The first kappa shape index (κ1) is 17.0. The van der Waals surface area contributed by atoms with Gasteiger partial charge in [-0.05, 0) is 50.6 Å². The lowest BCUT2D eigenvalue weighted by atomic mass is 9.87. The average Bonchev–Trinajstić information content (AvgIpc) is 3.13. The van der Waals surface area contributed by atoms with Crippen LogP contribution >= 0.6 is 0 Å². The summed E-state index contributed by atoms with van der Waals surface area (Å²) in [6.45, 7) is 7.27. The Balaban J connectivity index is 1.81. The first-order valence-electron chi connectivity index (χ1n) is 9.21. The van der Waals surface area contributed by atoms with Gasteiger partial charge >= 0.3 is 0 Å². The number of nitrogens with zero attached hydrogens (tertiary/aromatic N) is 3. The summed E-state index contributed by atoms with van der Waals surface area (Å²) in [6.07, 6.45) is 3.95. The molecule has 6 heteroatoms. The third-order valence-electron chi connectivity index (χ3n) is 5.57. The number of piperidine rings is 1. The average molecular weight is 353 g/mol. The molecule has 0 aliphatic carbocycles. The Hall–Kier alpha value is -2.47. The summed E-state index contributed by atoms with van der Waals surface area (Å²) >= 11 is 0. The number of anilines is 1. The van der Waals surface area contributed by atoms with Crippen molar-refractivity contribution in [2.45, 2.75) is 32.6 Å². The standard InChI is InChI=1S/C20H24FN5/c1-3-26-10-4-5-14(11-26)16-12(2)18(24-25-20(16)22)15-7-6-13-8-9-23-19(13)17(15)21/h6-9,14,23H,3-5,10-11H2,1-2H3,(H2,22,25)/t14-/m0/s1. The maximum absolute atomic E-state index is 15.0. The van der Waals surface area contributed by atoms with Crippen molar-refractivity contribution in [3.05, 3.63) is 41.3 Å². The van der Waals surface area contributed by atoms with Gasteiger partial charge in [0.2, 0.25) is 0 Å². The summed E-state index contributed by atoms with van der Waals surface area (Å²) in [5, 5.41) is 9.28. The van der Waals surface area contributed by atoms with Gasteiger partial charge in [-0.3, -0.25) is 0 Å². The normalized spacial score (nSPS) is 18.5. The van der Waals surface area contributed by atoms with Crippen LogP contribution in [0.4, 0.5) is 10.2 Å². The Morgan fingerprint density at radius 3 is 2.96 bits per heavy atom. The topological polar surface area (TPSA) is 70.8 Å². The number of hydrogen-bond acceptors (Lipinski definition) is 4. The number of nitrogen functional groups attached to an aromatic ring is 1. The molecule has 1 aliphatic heterocycles. The zero-order valence-electron chi connectivity index (χ0n) is 15.2. The van der Waals surface area contributed by atoms with E-state index < -0.39 is 0 Å². The zero-order valence-corrected chi connectivity index (χ0v) is 15.2. The van der Waals surface area contributed by atoms with E-state index in [9.17, 15) is 0 Å². The molecule has 1 atom stereocenters. The molecule has 5 nitrogen and oxygen atoms in total. The third-order valence-corrected chi connectivity index (χ3v) is 5.57. The van der Waals surface area contributed by atoms with Gasteiger partial charge in [-0.15, -0.1) is 10.2 Å². The van der Waals surface area contributed by atoms with E-state index >= 15 is 4.39 Å². The van der Waals surface area contributed by atoms with Crippen LogP contribution in [0.2, 0.25) is 0 Å². The number of likely N-dealkylation sites (tertiary alicyclic amines) is 1. The van der Waals surface area contributed by atoms with Gasteiger partial charge in [-0.1, -0.05) is 13.0 Å². The SMILES string of the molecule is CCN1CCC[C@H](c2c(N)nnc(-c3ccc4cc[nH]c4c3F)c2C)C1. The molecule has 1 aliphatic rings. The zero-order chi connectivity index (χ0) is 18.3. The van der Waals surface area contributed by atoms with Gasteiger partial charge < -0.3 is 15.6 Å². The Morgan fingerprint density at radius 2 is 2.15 bits per heavy atom. The minimum absolute atomic E-state index is 0.292. The van der Waals surface area contributed by atoms with E-state index in [0.717, 1.165) is 49.0 Å². The Kier molecular flexibility index (Phi) is 4.36. The van der Waals surface area contributed by atoms with E-state index in [-0.39, 0.29) is 5.82 Å². The van der Waals surface area contributed by atoms with Gasteiger partial charge in [-0.25, -0.2) is 4.39 Å². The highest BCUT2D eigenvalue weighted by molar-refractivity contribution is 5.85. The van der Waals surface area contributed by atoms with Gasteiger partial charge in [0, 0.05) is 35.2 Å². The molecule has 1 saturated heterocycles. The number of H-pyrrole nitrogens is 1. The van der Waals surface area contributed by atoms with Crippen LogP contribution in [-0.4, -0.2) is 39.7 Å². The van der Waals surface area contributed by atoms with Crippen molar-refractivity contribution in [2.24, 2.45) is 0 Å². The number of aromatic nitrogens is 3. The molecular weight excluding hydrogens is 329 g/mol. The van der Waals surface area contributed by atoms with Crippen LogP contribution in [0, 0.1) is 12.7 Å². The van der Waals surface area contributed by atoms with Gasteiger partial charge in [0.25, 0.3) is 0 Å². The van der Waals surface area contributed by atoms with Crippen molar-refractivity contribution in [1.82, 2.24) is 20.1 Å². The second-order valence-electron chi connectivity index (χ2n) is 7.07. The fourth-order valence-electron chi connectivity index (χ4n) is 4.18. The second-order valence-corrected chi connectivity index (χ2v) is 7.07. The number of nitrogens with two attached hydrogens (primary N) is 1. The summed E-state index contributed by atoms with van der Waals surface area (Å²) < 4.78 is 15.0. The van der Waals surface area contributed by atoms with Gasteiger partial charge in [-0.2, -0.15) is 0 Å². The van der Waals surface area contributed by atoms with Crippen molar-refractivity contribution in [3.63, 3.8) is 0 Å². The number of aromatic amines is 1. The van der Waals surface area contributed by atoms with E-state index in [4.69, 9.17) is 5.73 Å². The van der Waals surface area contributed by atoms with Crippen molar-refractivity contribution in [1.29, 1.82) is 0 Å². The Labute approximate surface area is 152 Å². The van der Waals surface area contributed by atoms with E-state index in [0.29, 0.717) is 28.5 Å². The molecule has 0 unspecified atom stereocenters. The monoisotopic (exact) mass is 353 g/mol. The molecule has 26 heavy (non-hydrogen) atoms. The van der Waals surface area contributed by atoms with E-state index in [1.807, 2.05) is 19.1 Å². The van der Waals surface area contributed by atoms with Crippen LogP contribution in [0.25, 0.3) is 22.2 Å². The summed E-state index contributed by atoms with van der Waals surface area (Å²) in [5.74, 6) is 0.491. The number of nitrogens with one attached hydrogen (secondary N) is 1. The van der Waals surface area contributed by atoms with E-state index in [2.05, 4.69) is 27.0 Å². The highest BCUT2D eigenvalue weighted by atomic mass is 19.1. The second kappa shape index (κ2) is 6.68. The summed E-state index contributed by atoms with van der Waals surface area (Å²) in [7, 11) is 0. The number of rotatable bonds is 3. The molecule has 0 saturated carbocycles.